The van der Waals surface area contributed by atoms with E-state index in [-0.39, 0.29) is 18.3 Å². The quantitative estimate of drug-likeness (QED) is 0.851. The van der Waals surface area contributed by atoms with Gasteiger partial charge >= 0.3 is 0 Å². The Morgan fingerprint density at radius 3 is 2.47 bits per heavy atom. The molecule has 3 rings (SSSR count). The van der Waals surface area contributed by atoms with E-state index >= 15 is 0 Å². The molecule has 0 aliphatic carbocycles. The van der Waals surface area contributed by atoms with Crippen LogP contribution in [0.5, 0.6) is 0 Å². The van der Waals surface area contributed by atoms with E-state index in [0.29, 0.717) is 5.78 Å². The zero-order valence-electron chi connectivity index (χ0n) is 10.8. The lowest BCUT2D eigenvalue weighted by Crippen LogP contribution is -2.31. The van der Waals surface area contributed by atoms with Gasteiger partial charge in [-0.3, -0.25) is 4.79 Å². The standard InChI is InChI=1S/C16H17NO.ClH/c18-16(13-8-10-17-11-9-13)15-7-3-5-12-4-1-2-6-14(12)15;/h1-7,13,17H,8-11H2;1H. The first-order chi connectivity index (χ1) is 8.86. The van der Waals surface area contributed by atoms with Gasteiger partial charge in [0.15, 0.2) is 5.78 Å². The number of ketones is 1. The predicted octanol–water partition coefficient (Wildman–Crippen LogP) is 3.44. The number of benzene rings is 2. The summed E-state index contributed by atoms with van der Waals surface area (Å²) in [5.74, 6) is 0.505. The van der Waals surface area contributed by atoms with Crippen LogP contribution >= 0.6 is 12.4 Å². The van der Waals surface area contributed by atoms with Crippen LogP contribution < -0.4 is 5.32 Å². The van der Waals surface area contributed by atoms with E-state index in [1.54, 1.807) is 0 Å². The minimum atomic E-state index is 0. The van der Waals surface area contributed by atoms with Crippen LogP contribution in [0.3, 0.4) is 0 Å². The SMILES string of the molecule is Cl.O=C(c1cccc2ccccc12)C1CCNCC1. The molecule has 0 aromatic heterocycles. The summed E-state index contributed by atoms with van der Waals surface area (Å²) >= 11 is 0. The second kappa shape index (κ2) is 6.18. The van der Waals surface area contributed by atoms with Crippen molar-refractivity contribution in [2.75, 3.05) is 13.1 Å². The average molecular weight is 276 g/mol. The maximum Gasteiger partial charge on any atom is 0.166 e. The van der Waals surface area contributed by atoms with Crippen LogP contribution in [0.4, 0.5) is 0 Å². The van der Waals surface area contributed by atoms with Crippen molar-refractivity contribution >= 4 is 29.0 Å². The number of carbonyl (C=O) groups excluding carboxylic acids is 1. The summed E-state index contributed by atoms with van der Waals surface area (Å²) in [7, 11) is 0. The van der Waals surface area contributed by atoms with Crippen LogP contribution in [0.25, 0.3) is 10.8 Å². The molecule has 3 heteroatoms. The number of hydrogen-bond donors (Lipinski definition) is 1. The molecular formula is C16H18ClNO. The lowest BCUT2D eigenvalue weighted by molar-refractivity contribution is 0.0897. The molecule has 0 atom stereocenters. The van der Waals surface area contributed by atoms with Gasteiger partial charge in [0.2, 0.25) is 0 Å². The number of Topliss-reactive ketones (excluding diaryl/α,β-unsaturated/α-hetero) is 1. The van der Waals surface area contributed by atoms with Crippen molar-refractivity contribution in [3.05, 3.63) is 48.0 Å². The topological polar surface area (TPSA) is 29.1 Å². The second-order valence-corrected chi connectivity index (χ2v) is 4.92. The van der Waals surface area contributed by atoms with Crippen LogP contribution in [-0.2, 0) is 0 Å². The van der Waals surface area contributed by atoms with E-state index in [9.17, 15) is 4.79 Å². The van der Waals surface area contributed by atoms with E-state index < -0.39 is 0 Å². The van der Waals surface area contributed by atoms with E-state index in [1.165, 1.54) is 0 Å². The number of nitrogens with one attached hydrogen (secondary N) is 1. The molecule has 1 saturated heterocycles. The molecule has 100 valence electrons. The maximum atomic E-state index is 12.6. The molecule has 1 fully saturated rings. The zero-order chi connectivity index (χ0) is 12.4. The van der Waals surface area contributed by atoms with Crippen molar-refractivity contribution < 1.29 is 4.79 Å². The van der Waals surface area contributed by atoms with E-state index in [4.69, 9.17) is 0 Å². The van der Waals surface area contributed by atoms with Gasteiger partial charge in [-0.25, -0.2) is 0 Å². The van der Waals surface area contributed by atoms with Gasteiger partial charge < -0.3 is 5.32 Å². The third-order valence-electron chi connectivity index (χ3n) is 3.77. The molecule has 1 heterocycles. The summed E-state index contributed by atoms with van der Waals surface area (Å²) in [6.07, 6.45) is 1.92. The fourth-order valence-corrected chi connectivity index (χ4v) is 2.74. The third-order valence-corrected chi connectivity index (χ3v) is 3.77. The lowest BCUT2D eigenvalue weighted by atomic mass is 9.87. The number of piperidine rings is 1. The highest BCUT2D eigenvalue weighted by Crippen LogP contribution is 2.24. The number of carbonyl (C=O) groups is 1. The normalized spacial score (nSPS) is 16.0. The Morgan fingerprint density at radius 2 is 1.68 bits per heavy atom. The van der Waals surface area contributed by atoms with Gasteiger partial charge in [-0.15, -0.1) is 12.4 Å². The molecule has 2 aromatic rings. The minimum Gasteiger partial charge on any atom is -0.317 e. The Bertz CT molecular complexity index is 570. The molecule has 0 unspecified atom stereocenters. The summed E-state index contributed by atoms with van der Waals surface area (Å²) in [6.45, 7) is 1.92. The van der Waals surface area contributed by atoms with Gasteiger partial charge in [0.1, 0.15) is 0 Å². The molecular weight excluding hydrogens is 258 g/mol. The van der Waals surface area contributed by atoms with Crippen molar-refractivity contribution in [1.82, 2.24) is 5.32 Å². The molecule has 0 spiro atoms. The molecule has 1 N–H and O–H groups in total. The van der Waals surface area contributed by atoms with Crippen molar-refractivity contribution in [1.29, 1.82) is 0 Å². The first-order valence-corrected chi connectivity index (χ1v) is 6.59. The Morgan fingerprint density at radius 1 is 1.00 bits per heavy atom. The third kappa shape index (κ3) is 2.80. The molecule has 0 amide bonds. The molecule has 19 heavy (non-hydrogen) atoms. The van der Waals surface area contributed by atoms with Gasteiger partial charge in [-0.2, -0.15) is 0 Å². The molecule has 1 aliphatic heterocycles. The molecule has 0 saturated carbocycles. The van der Waals surface area contributed by atoms with E-state index in [0.717, 1.165) is 42.3 Å². The highest BCUT2D eigenvalue weighted by atomic mass is 35.5. The van der Waals surface area contributed by atoms with Crippen molar-refractivity contribution in [2.24, 2.45) is 5.92 Å². The highest BCUT2D eigenvalue weighted by molar-refractivity contribution is 6.09. The molecule has 0 bridgehead atoms. The van der Waals surface area contributed by atoms with Crippen molar-refractivity contribution in [3.8, 4) is 0 Å². The van der Waals surface area contributed by atoms with Crippen LogP contribution in [0.1, 0.15) is 23.2 Å². The summed E-state index contributed by atoms with van der Waals surface area (Å²) < 4.78 is 0. The summed E-state index contributed by atoms with van der Waals surface area (Å²) in [5, 5.41) is 5.54. The molecule has 2 aromatic carbocycles. The Kier molecular flexibility index (Phi) is 4.56. The van der Waals surface area contributed by atoms with Crippen molar-refractivity contribution in [2.45, 2.75) is 12.8 Å². The average Bonchev–Trinajstić information content (AvgIpc) is 2.47. The number of rotatable bonds is 2. The Balaban J connectivity index is 0.00000133. The Labute approximate surface area is 119 Å². The van der Waals surface area contributed by atoms with Gasteiger partial charge in [-0.1, -0.05) is 42.5 Å². The van der Waals surface area contributed by atoms with Crippen LogP contribution in [-0.4, -0.2) is 18.9 Å². The lowest BCUT2D eigenvalue weighted by Gasteiger charge is -2.22. The van der Waals surface area contributed by atoms with E-state index in [1.807, 2.05) is 30.3 Å². The van der Waals surface area contributed by atoms with Crippen LogP contribution in [0, 0.1) is 5.92 Å². The minimum absolute atomic E-state index is 0. The predicted molar refractivity (Wildman–Crippen MR) is 81.1 cm³/mol. The largest absolute Gasteiger partial charge is 0.317 e. The van der Waals surface area contributed by atoms with E-state index in [2.05, 4.69) is 17.4 Å². The van der Waals surface area contributed by atoms with Crippen molar-refractivity contribution in [3.63, 3.8) is 0 Å². The molecule has 0 radical (unpaired) electrons. The first kappa shape index (κ1) is 14.0. The van der Waals surface area contributed by atoms with Gasteiger partial charge in [0.25, 0.3) is 0 Å². The van der Waals surface area contributed by atoms with Gasteiger partial charge in [0, 0.05) is 11.5 Å². The zero-order valence-corrected chi connectivity index (χ0v) is 11.6. The van der Waals surface area contributed by atoms with Crippen LogP contribution in [0.2, 0.25) is 0 Å². The first-order valence-electron chi connectivity index (χ1n) is 6.59. The summed E-state index contributed by atoms with van der Waals surface area (Å²) in [6, 6.07) is 14.1. The van der Waals surface area contributed by atoms with Crippen LogP contribution in [0.15, 0.2) is 42.5 Å². The monoisotopic (exact) mass is 275 g/mol. The summed E-state index contributed by atoms with van der Waals surface area (Å²) in [5.41, 5.74) is 0.889. The number of halogens is 1. The number of hydrogen-bond acceptors (Lipinski definition) is 2. The van der Waals surface area contributed by atoms with Gasteiger partial charge in [0.05, 0.1) is 0 Å². The fourth-order valence-electron chi connectivity index (χ4n) is 2.74. The fraction of sp³-hybridized carbons (Fsp3) is 0.312. The second-order valence-electron chi connectivity index (χ2n) is 4.92. The number of fused-ring (bicyclic) bond motifs is 1. The summed E-state index contributed by atoms with van der Waals surface area (Å²) in [4.78, 5) is 12.6. The Hall–Kier alpha value is -1.38. The maximum absolute atomic E-state index is 12.6. The smallest absolute Gasteiger partial charge is 0.166 e. The molecule has 2 nitrogen and oxygen atoms in total. The highest BCUT2D eigenvalue weighted by Gasteiger charge is 2.23. The van der Waals surface area contributed by atoms with Gasteiger partial charge in [-0.05, 0) is 36.7 Å². The molecule has 1 aliphatic rings.